The fourth-order valence-corrected chi connectivity index (χ4v) is 2.80. The Bertz CT molecular complexity index is 687. The van der Waals surface area contributed by atoms with Gasteiger partial charge in [-0.15, -0.1) is 0 Å². The van der Waals surface area contributed by atoms with Crippen LogP contribution in [-0.4, -0.2) is 11.4 Å². The molecule has 0 spiro atoms. The zero-order valence-electron chi connectivity index (χ0n) is 12.2. The molecule has 0 N–H and O–H groups in total. The van der Waals surface area contributed by atoms with Gasteiger partial charge in [0.25, 0.3) is 0 Å². The Balaban J connectivity index is 1.79. The third kappa shape index (κ3) is 3.11. The normalized spacial score (nSPS) is 15.4. The highest BCUT2D eigenvalue weighted by Crippen LogP contribution is 2.35. The monoisotopic (exact) mass is 300 g/mol. The van der Waals surface area contributed by atoms with Crippen molar-refractivity contribution < 1.29 is 9.53 Å². The second-order valence-electron chi connectivity index (χ2n) is 6.09. The molecule has 0 unspecified atom stereocenters. The molecule has 0 saturated heterocycles. The number of hydrogen-bond donors (Lipinski definition) is 0. The van der Waals surface area contributed by atoms with Crippen molar-refractivity contribution in [2.45, 2.75) is 32.3 Å². The van der Waals surface area contributed by atoms with Gasteiger partial charge < -0.3 is 4.74 Å². The summed E-state index contributed by atoms with van der Waals surface area (Å²) < 4.78 is 5.83. The summed E-state index contributed by atoms with van der Waals surface area (Å²) in [5.41, 5.74) is 2.65. The lowest BCUT2D eigenvalue weighted by atomic mass is 9.97. The van der Waals surface area contributed by atoms with E-state index >= 15 is 0 Å². The lowest BCUT2D eigenvalue weighted by Gasteiger charge is -2.16. The van der Waals surface area contributed by atoms with E-state index in [0.29, 0.717) is 11.4 Å². The van der Waals surface area contributed by atoms with Crippen molar-refractivity contribution in [2.75, 3.05) is 0 Å². The third-order valence-corrected chi connectivity index (χ3v) is 3.91. The smallest absolute Gasteiger partial charge is 0.167 e. The van der Waals surface area contributed by atoms with Crippen LogP contribution >= 0.6 is 11.6 Å². The van der Waals surface area contributed by atoms with Crippen LogP contribution in [0.4, 0.5) is 0 Å². The predicted molar refractivity (Wildman–Crippen MR) is 84.3 cm³/mol. The summed E-state index contributed by atoms with van der Waals surface area (Å²) in [6.45, 7) is 4.12. The van der Waals surface area contributed by atoms with Gasteiger partial charge in [0.2, 0.25) is 0 Å². The van der Waals surface area contributed by atoms with E-state index in [9.17, 15) is 4.79 Å². The van der Waals surface area contributed by atoms with Crippen LogP contribution in [0.1, 0.15) is 35.3 Å². The number of carbonyl (C=O) groups excluding carboxylic acids is 1. The van der Waals surface area contributed by atoms with Crippen molar-refractivity contribution in [1.29, 1.82) is 0 Å². The van der Waals surface area contributed by atoms with E-state index in [-0.39, 0.29) is 11.4 Å². The van der Waals surface area contributed by atoms with Gasteiger partial charge >= 0.3 is 0 Å². The summed E-state index contributed by atoms with van der Waals surface area (Å²) in [5.74, 6) is 1.01. The molecule has 0 bridgehead atoms. The van der Waals surface area contributed by atoms with E-state index < -0.39 is 0 Å². The minimum atomic E-state index is -0.180. The topological polar surface area (TPSA) is 26.3 Å². The minimum Gasteiger partial charge on any atom is -0.487 e. The highest BCUT2D eigenvalue weighted by molar-refractivity contribution is 6.30. The summed E-state index contributed by atoms with van der Waals surface area (Å²) >= 11 is 5.86. The maximum atomic E-state index is 12.4. The van der Waals surface area contributed by atoms with Crippen LogP contribution in [-0.2, 0) is 12.8 Å². The van der Waals surface area contributed by atoms with E-state index in [1.54, 1.807) is 0 Å². The van der Waals surface area contributed by atoms with Gasteiger partial charge in [-0.25, -0.2) is 0 Å². The molecule has 2 aromatic rings. The van der Waals surface area contributed by atoms with Crippen LogP contribution in [0, 0.1) is 0 Å². The quantitative estimate of drug-likeness (QED) is 0.781. The fourth-order valence-electron chi connectivity index (χ4n) is 2.67. The van der Waals surface area contributed by atoms with Crippen LogP contribution < -0.4 is 4.74 Å². The van der Waals surface area contributed by atoms with E-state index in [4.69, 9.17) is 16.3 Å². The molecule has 0 aliphatic carbocycles. The SMILES string of the molecule is CC1(C)Cc2cc(C(=O)Cc3ccc(Cl)cc3)ccc2O1. The molecule has 2 aromatic carbocycles. The van der Waals surface area contributed by atoms with Gasteiger partial charge in [0.05, 0.1) is 0 Å². The first kappa shape index (κ1) is 14.2. The van der Waals surface area contributed by atoms with Crippen molar-refractivity contribution in [3.8, 4) is 5.75 Å². The van der Waals surface area contributed by atoms with Gasteiger partial charge in [-0.05, 0) is 55.3 Å². The first-order valence-electron chi connectivity index (χ1n) is 7.02. The number of Topliss-reactive ketones (excluding diaryl/α,β-unsaturated/α-hetero) is 1. The molecule has 1 aliphatic heterocycles. The number of benzene rings is 2. The maximum Gasteiger partial charge on any atom is 0.167 e. The molecular formula is C18H17ClO2. The molecule has 0 fully saturated rings. The lowest BCUT2D eigenvalue weighted by molar-refractivity contribution is 0.0993. The first-order valence-corrected chi connectivity index (χ1v) is 7.40. The number of fused-ring (bicyclic) bond motifs is 1. The Morgan fingerprint density at radius 2 is 1.90 bits per heavy atom. The average Bonchev–Trinajstić information content (AvgIpc) is 2.74. The van der Waals surface area contributed by atoms with Crippen LogP contribution in [0.2, 0.25) is 5.02 Å². The molecule has 21 heavy (non-hydrogen) atoms. The molecule has 1 heterocycles. The van der Waals surface area contributed by atoms with E-state index in [1.165, 1.54) is 0 Å². The van der Waals surface area contributed by atoms with E-state index in [0.717, 1.165) is 28.9 Å². The standard InChI is InChI=1S/C18H17ClO2/c1-18(2)11-14-10-13(5-8-17(14)21-18)16(20)9-12-3-6-15(19)7-4-12/h3-8,10H,9,11H2,1-2H3. The van der Waals surface area contributed by atoms with Crippen molar-refractivity contribution >= 4 is 17.4 Å². The predicted octanol–water partition coefficient (Wildman–Crippen LogP) is 4.48. The van der Waals surface area contributed by atoms with Crippen LogP contribution in [0.15, 0.2) is 42.5 Å². The number of carbonyl (C=O) groups is 1. The summed E-state index contributed by atoms with van der Waals surface area (Å²) in [6.07, 6.45) is 1.23. The lowest BCUT2D eigenvalue weighted by Crippen LogP contribution is -2.24. The second kappa shape index (κ2) is 5.19. The van der Waals surface area contributed by atoms with Gasteiger partial charge in [0.15, 0.2) is 5.78 Å². The zero-order chi connectivity index (χ0) is 15.0. The molecule has 108 valence electrons. The van der Waals surface area contributed by atoms with Gasteiger partial charge in [0.1, 0.15) is 11.4 Å². The van der Waals surface area contributed by atoms with Crippen molar-refractivity contribution in [3.05, 3.63) is 64.2 Å². The van der Waals surface area contributed by atoms with Crippen LogP contribution in [0.5, 0.6) is 5.75 Å². The van der Waals surface area contributed by atoms with E-state index in [1.807, 2.05) is 42.5 Å². The Morgan fingerprint density at radius 1 is 1.19 bits per heavy atom. The molecule has 0 amide bonds. The summed E-state index contributed by atoms with van der Waals surface area (Å²) in [7, 11) is 0. The molecule has 3 heteroatoms. The Morgan fingerprint density at radius 3 is 2.62 bits per heavy atom. The molecule has 0 radical (unpaired) electrons. The van der Waals surface area contributed by atoms with E-state index in [2.05, 4.69) is 13.8 Å². The summed E-state index contributed by atoms with van der Waals surface area (Å²) in [6, 6.07) is 13.1. The average molecular weight is 301 g/mol. The third-order valence-electron chi connectivity index (χ3n) is 3.66. The van der Waals surface area contributed by atoms with Crippen LogP contribution in [0.25, 0.3) is 0 Å². The maximum absolute atomic E-state index is 12.4. The molecule has 0 saturated carbocycles. The van der Waals surface area contributed by atoms with Crippen molar-refractivity contribution in [1.82, 2.24) is 0 Å². The van der Waals surface area contributed by atoms with Gasteiger partial charge in [-0.1, -0.05) is 23.7 Å². The minimum absolute atomic E-state index is 0.116. The number of ketones is 1. The molecule has 2 nitrogen and oxygen atoms in total. The zero-order valence-corrected chi connectivity index (χ0v) is 12.9. The van der Waals surface area contributed by atoms with Crippen LogP contribution in [0.3, 0.4) is 0 Å². The Labute approximate surface area is 129 Å². The highest BCUT2D eigenvalue weighted by atomic mass is 35.5. The van der Waals surface area contributed by atoms with Crippen molar-refractivity contribution in [3.63, 3.8) is 0 Å². The molecule has 3 rings (SSSR count). The number of ether oxygens (including phenoxy) is 1. The molecule has 0 atom stereocenters. The largest absolute Gasteiger partial charge is 0.487 e. The summed E-state index contributed by atoms with van der Waals surface area (Å²) in [5, 5.41) is 0.683. The van der Waals surface area contributed by atoms with Gasteiger partial charge in [-0.2, -0.15) is 0 Å². The van der Waals surface area contributed by atoms with Crippen molar-refractivity contribution in [2.24, 2.45) is 0 Å². The Hall–Kier alpha value is -1.80. The fraction of sp³-hybridized carbons (Fsp3) is 0.278. The Kier molecular flexibility index (Phi) is 3.50. The summed E-state index contributed by atoms with van der Waals surface area (Å²) in [4.78, 5) is 12.4. The second-order valence-corrected chi connectivity index (χ2v) is 6.52. The number of rotatable bonds is 3. The first-order chi connectivity index (χ1) is 9.93. The number of hydrogen-bond acceptors (Lipinski definition) is 2. The molecule has 0 aromatic heterocycles. The highest BCUT2D eigenvalue weighted by Gasteiger charge is 2.30. The molecule has 1 aliphatic rings. The molecular weight excluding hydrogens is 284 g/mol. The number of halogens is 1. The van der Waals surface area contributed by atoms with Gasteiger partial charge in [0, 0.05) is 23.4 Å². The van der Waals surface area contributed by atoms with Gasteiger partial charge in [-0.3, -0.25) is 4.79 Å².